The predicted octanol–water partition coefficient (Wildman–Crippen LogP) is -0.918. The number of nitrogens with two attached hydrogens (primary N) is 2. The Kier molecular flexibility index (Phi) is 21.6. The molecule has 0 aliphatic rings. The molecule has 326 valence electrons. The van der Waals surface area contributed by atoms with E-state index >= 15 is 0 Å². The smallest absolute Gasteiger partial charge is 0.328 e. The number of carbonyl (C=O) groups is 10. The Morgan fingerprint density at radius 1 is 0.583 bits per heavy atom. The van der Waals surface area contributed by atoms with E-state index in [1.807, 2.05) is 0 Å². The van der Waals surface area contributed by atoms with Crippen molar-refractivity contribution in [1.82, 2.24) is 21.3 Å². The van der Waals surface area contributed by atoms with Gasteiger partial charge in [-0.1, -0.05) is 21.6 Å². The van der Waals surface area contributed by atoms with E-state index in [0.29, 0.717) is 11.4 Å². The van der Waals surface area contributed by atoms with E-state index in [1.54, 1.807) is 0 Å². The van der Waals surface area contributed by atoms with Crippen molar-refractivity contribution in [1.29, 1.82) is 0 Å². The van der Waals surface area contributed by atoms with E-state index in [9.17, 15) is 47.9 Å². The van der Waals surface area contributed by atoms with Crippen LogP contribution in [0, 0.1) is 0 Å². The molecule has 4 unspecified atom stereocenters. The second kappa shape index (κ2) is 26.0. The van der Waals surface area contributed by atoms with Gasteiger partial charge in [0, 0.05) is 49.6 Å². The van der Waals surface area contributed by atoms with Gasteiger partial charge in [0.2, 0.25) is 35.4 Å². The van der Waals surface area contributed by atoms with Crippen molar-refractivity contribution in [3.8, 4) is 11.5 Å². The number of carboxylic acid groups (broad SMARTS) is 2. The topological polar surface area (TPSA) is 354 Å². The molecule has 2 rings (SSSR count). The van der Waals surface area contributed by atoms with Crippen LogP contribution in [0.5, 0.6) is 11.5 Å². The molecular weight excluding hydrogens is 833 g/mol. The lowest BCUT2D eigenvalue weighted by Gasteiger charge is -2.20. The van der Waals surface area contributed by atoms with E-state index in [2.05, 4.69) is 31.9 Å². The van der Waals surface area contributed by atoms with Crippen LogP contribution in [-0.2, 0) is 47.9 Å². The van der Waals surface area contributed by atoms with Crippen LogP contribution < -0.4 is 52.8 Å². The Hall–Kier alpha value is -6.24. The van der Waals surface area contributed by atoms with Crippen LogP contribution in [0.2, 0.25) is 0 Å². The van der Waals surface area contributed by atoms with Gasteiger partial charge in [0.15, 0.2) is 0 Å². The number of hydrogen-bond acceptors (Lipinski definition) is 16. The van der Waals surface area contributed by atoms with E-state index in [-0.39, 0.29) is 60.5 Å². The molecule has 2 aromatic carbocycles. The van der Waals surface area contributed by atoms with Gasteiger partial charge in [-0.3, -0.25) is 38.4 Å². The van der Waals surface area contributed by atoms with Crippen LogP contribution in [0.4, 0.5) is 11.4 Å². The van der Waals surface area contributed by atoms with Crippen molar-refractivity contribution < 1.29 is 67.6 Å². The highest BCUT2D eigenvalue weighted by molar-refractivity contribution is 8.76. The van der Waals surface area contributed by atoms with Crippen molar-refractivity contribution in [2.24, 2.45) is 11.5 Å². The first-order valence-corrected chi connectivity index (χ1v) is 20.3. The van der Waals surface area contributed by atoms with Crippen molar-refractivity contribution in [3.63, 3.8) is 0 Å². The highest BCUT2D eigenvalue weighted by atomic mass is 33.1. The maximum atomic E-state index is 12.8. The van der Waals surface area contributed by atoms with Gasteiger partial charge in [0.05, 0.1) is 0 Å². The summed E-state index contributed by atoms with van der Waals surface area (Å²) in [4.78, 5) is 121. The Morgan fingerprint density at radius 3 is 1.22 bits per heavy atom. The SMILES string of the molecule is CC(=O)Nc1ccc(OC(=O)C(N)CCC(=O)NC(CSSCC(NC(=O)CCC(N)C(=O)Oc2ccc(NC(C)=O)cc2)C(=O)NCC(=O)O)C(=O)NCC(=O)O)cc1. The highest BCUT2D eigenvalue weighted by Crippen LogP contribution is 2.24. The Morgan fingerprint density at radius 2 is 0.917 bits per heavy atom. The Bertz CT molecular complexity index is 1730. The largest absolute Gasteiger partial charge is 0.480 e. The number of esters is 2. The molecule has 0 aliphatic heterocycles. The van der Waals surface area contributed by atoms with Crippen LogP contribution in [0.3, 0.4) is 0 Å². The molecule has 12 N–H and O–H groups in total. The van der Waals surface area contributed by atoms with Crippen LogP contribution in [0.1, 0.15) is 39.5 Å². The molecule has 0 bridgehead atoms. The quantitative estimate of drug-likeness (QED) is 0.0250. The molecule has 60 heavy (non-hydrogen) atoms. The molecule has 0 saturated carbocycles. The summed E-state index contributed by atoms with van der Waals surface area (Å²) in [5.41, 5.74) is 12.7. The predicted molar refractivity (Wildman–Crippen MR) is 217 cm³/mol. The van der Waals surface area contributed by atoms with Gasteiger partial charge in [-0.15, -0.1) is 0 Å². The summed E-state index contributed by atoms with van der Waals surface area (Å²) in [6, 6.07) is 6.58. The minimum atomic E-state index is -1.36. The average Bonchev–Trinajstić information content (AvgIpc) is 3.18. The second-order valence-electron chi connectivity index (χ2n) is 12.6. The first-order valence-electron chi connectivity index (χ1n) is 17.8. The summed E-state index contributed by atoms with van der Waals surface area (Å²) in [6.07, 6.45) is -1.09. The lowest BCUT2D eigenvalue weighted by Crippen LogP contribution is -2.50. The number of hydrogen-bond donors (Lipinski definition) is 10. The number of amides is 6. The lowest BCUT2D eigenvalue weighted by molar-refractivity contribution is -0.138. The third kappa shape index (κ3) is 20.4. The number of carbonyl (C=O) groups excluding carboxylic acids is 8. The molecular formula is C36H46N8O14S2. The number of rotatable bonds is 25. The molecule has 2 aromatic rings. The van der Waals surface area contributed by atoms with Crippen molar-refractivity contribution in [2.45, 2.75) is 63.7 Å². The number of ether oxygens (including phenoxy) is 2. The summed E-state index contributed by atoms with van der Waals surface area (Å²) < 4.78 is 10.4. The van der Waals surface area contributed by atoms with Gasteiger partial charge >= 0.3 is 23.9 Å². The summed E-state index contributed by atoms with van der Waals surface area (Å²) in [7, 11) is 1.89. The second-order valence-corrected chi connectivity index (χ2v) is 15.1. The summed E-state index contributed by atoms with van der Waals surface area (Å²) >= 11 is 0. The molecule has 0 aliphatic carbocycles. The minimum absolute atomic E-state index is 0.131. The first-order chi connectivity index (χ1) is 28.3. The lowest BCUT2D eigenvalue weighted by atomic mass is 10.1. The molecule has 0 radical (unpaired) electrons. The van der Waals surface area contributed by atoms with E-state index in [0.717, 1.165) is 21.6 Å². The molecule has 0 fully saturated rings. The molecule has 24 heteroatoms. The monoisotopic (exact) mass is 878 g/mol. The van der Waals surface area contributed by atoms with E-state index in [1.165, 1.54) is 62.4 Å². The number of carboxylic acids is 2. The fourth-order valence-corrected chi connectivity index (χ4v) is 6.84. The third-order valence-electron chi connectivity index (χ3n) is 7.44. The van der Waals surface area contributed by atoms with Crippen LogP contribution in [0.25, 0.3) is 0 Å². The summed E-state index contributed by atoms with van der Waals surface area (Å²) in [5, 5.41) is 32.3. The number of benzene rings is 2. The number of aliphatic carboxylic acids is 2. The number of anilines is 2. The standard InChI is InChI=1S/C36H46N8O14S2/c1-19(45)41-21-3-7-23(8-4-21)57-35(55)25(37)11-13-29(47)43-27(33(53)39-15-31(49)50)17-59-60-18-28(34(54)40-16-32(51)52)44-30(48)14-12-26(38)36(56)58-24-9-5-22(6-10-24)42-20(2)46/h3-10,25-28H,11-18,37-38H2,1-2H3,(H,39,53)(H,40,54)(H,41,45)(H,42,46)(H,43,47)(H,44,48)(H,49,50)(H,51,52). The Labute approximate surface area is 350 Å². The van der Waals surface area contributed by atoms with Gasteiger partial charge in [-0.2, -0.15) is 0 Å². The molecule has 0 saturated heterocycles. The summed E-state index contributed by atoms with van der Waals surface area (Å²) in [5.74, 6) is -8.32. The average molecular weight is 879 g/mol. The third-order valence-corrected chi connectivity index (χ3v) is 9.86. The molecule has 6 amide bonds. The number of nitrogens with one attached hydrogen (secondary N) is 6. The zero-order chi connectivity index (χ0) is 44.8. The molecule has 0 spiro atoms. The summed E-state index contributed by atoms with van der Waals surface area (Å²) in [6.45, 7) is 1.12. The van der Waals surface area contributed by atoms with Crippen molar-refractivity contribution in [3.05, 3.63) is 48.5 Å². The highest BCUT2D eigenvalue weighted by Gasteiger charge is 2.26. The van der Waals surface area contributed by atoms with E-state index < -0.39 is 84.8 Å². The maximum Gasteiger partial charge on any atom is 0.328 e. The van der Waals surface area contributed by atoms with Gasteiger partial charge in [-0.25, -0.2) is 9.59 Å². The van der Waals surface area contributed by atoms with Gasteiger partial charge < -0.3 is 63.1 Å². The van der Waals surface area contributed by atoms with Gasteiger partial charge in [-0.05, 0) is 61.4 Å². The zero-order valence-electron chi connectivity index (χ0n) is 32.3. The zero-order valence-corrected chi connectivity index (χ0v) is 34.0. The fourth-order valence-electron chi connectivity index (χ4n) is 4.51. The molecule has 22 nitrogen and oxygen atoms in total. The minimum Gasteiger partial charge on any atom is -0.480 e. The maximum absolute atomic E-state index is 12.8. The van der Waals surface area contributed by atoms with E-state index in [4.69, 9.17) is 31.2 Å². The van der Waals surface area contributed by atoms with Crippen LogP contribution in [-0.4, -0.2) is 118 Å². The van der Waals surface area contributed by atoms with Crippen molar-refractivity contribution >= 4 is 92.3 Å². The Balaban J connectivity index is 1.95. The van der Waals surface area contributed by atoms with Crippen LogP contribution in [0.15, 0.2) is 48.5 Å². The van der Waals surface area contributed by atoms with Gasteiger partial charge in [0.1, 0.15) is 48.8 Å². The molecule has 4 atom stereocenters. The van der Waals surface area contributed by atoms with Crippen molar-refractivity contribution in [2.75, 3.05) is 35.2 Å². The first kappa shape index (κ1) is 49.9. The molecule has 0 heterocycles. The normalized spacial score (nSPS) is 12.5. The van der Waals surface area contributed by atoms with Gasteiger partial charge in [0.25, 0.3) is 0 Å². The van der Waals surface area contributed by atoms with Crippen LogP contribution >= 0.6 is 21.6 Å². The fraction of sp³-hybridized carbons (Fsp3) is 0.389. The molecule has 0 aromatic heterocycles.